The predicted molar refractivity (Wildman–Crippen MR) is 177 cm³/mol. The molecule has 1 fully saturated rings. The monoisotopic (exact) mass is 652 g/mol. The summed E-state index contributed by atoms with van der Waals surface area (Å²) in [6.07, 6.45) is 5.38. The van der Waals surface area contributed by atoms with Crippen molar-refractivity contribution < 1.29 is 28.7 Å². The molecule has 2 aromatic carbocycles. The van der Waals surface area contributed by atoms with Crippen molar-refractivity contribution in [1.29, 1.82) is 0 Å². The second-order valence-corrected chi connectivity index (χ2v) is 12.2. The number of hydrogen-bond acceptors (Lipinski definition) is 8. The molecule has 12 nitrogen and oxygen atoms in total. The molecule has 1 aliphatic rings. The lowest BCUT2D eigenvalue weighted by molar-refractivity contribution is -0.933. The average Bonchev–Trinajstić information content (AvgIpc) is 3.03. The molecule has 2 heterocycles. The second kappa shape index (κ2) is 16.2. The van der Waals surface area contributed by atoms with Crippen LogP contribution in [0.5, 0.6) is 5.75 Å². The van der Waals surface area contributed by atoms with Gasteiger partial charge >= 0.3 is 5.97 Å². The van der Waals surface area contributed by atoms with Crippen LogP contribution in [0.25, 0.3) is 0 Å². The quantitative estimate of drug-likeness (QED) is 0.153. The second-order valence-electron chi connectivity index (χ2n) is 11.8. The molecule has 1 aliphatic heterocycles. The fourth-order valence-corrected chi connectivity index (χ4v) is 6.19. The first kappa shape index (κ1) is 34.5. The highest BCUT2D eigenvalue weighted by atomic mass is 35.5. The number of nitrogens with two attached hydrogens (primary N) is 2. The van der Waals surface area contributed by atoms with Crippen LogP contribution >= 0.6 is 11.6 Å². The fourth-order valence-electron chi connectivity index (χ4n) is 6.06. The number of carboxylic acid groups (broad SMARTS) is 1. The van der Waals surface area contributed by atoms with Crippen LogP contribution in [-0.4, -0.2) is 83.2 Å². The number of halogens is 1. The number of likely N-dealkylation sites (tertiary alicyclic amines) is 1. The molecule has 13 heteroatoms. The van der Waals surface area contributed by atoms with E-state index in [9.17, 15) is 14.4 Å². The lowest BCUT2D eigenvalue weighted by atomic mass is 9.99. The molecular weight excluding hydrogens is 610 g/mol. The number of carbonyl (C=O) groups is 3. The minimum absolute atomic E-state index is 0.0189. The number of nitrogens with one attached hydrogen (secondary N) is 2. The molecule has 3 aromatic rings. The Morgan fingerprint density at radius 1 is 0.957 bits per heavy atom. The van der Waals surface area contributed by atoms with Crippen LogP contribution in [0.15, 0.2) is 48.5 Å². The van der Waals surface area contributed by atoms with Crippen molar-refractivity contribution in [1.82, 2.24) is 20.6 Å². The molecule has 2 amide bonds. The van der Waals surface area contributed by atoms with Gasteiger partial charge in [0.15, 0.2) is 22.5 Å². The van der Waals surface area contributed by atoms with Gasteiger partial charge in [0, 0.05) is 24.9 Å². The molecule has 0 saturated carbocycles. The Labute approximate surface area is 274 Å². The van der Waals surface area contributed by atoms with E-state index in [1.54, 1.807) is 19.2 Å². The van der Waals surface area contributed by atoms with Crippen LogP contribution in [0.1, 0.15) is 64.1 Å². The summed E-state index contributed by atoms with van der Waals surface area (Å²) in [6, 6.07) is 15.5. The predicted octanol–water partition coefficient (Wildman–Crippen LogP) is 3.48. The van der Waals surface area contributed by atoms with Crippen molar-refractivity contribution >= 4 is 41.0 Å². The van der Waals surface area contributed by atoms with Crippen LogP contribution in [0.3, 0.4) is 0 Å². The standard InChI is InChI=1S/C33H42ClN7O5/c1-46-26-14-10-23(11-15-26)6-3-19-41(18-2-5-22-8-12-24(13-9-22)32(44)37-17-16-27(42)43)20-4-7-25(21-41)38-33(45)28-30(35)40-31(36)29(34)39-28/h8-15,25H,2-7,16-21H2,1H3,(H6-,35,36,37,38,40,42,43,44,45)/p+1. The number of nitrogen functional groups attached to an aromatic ring is 2. The van der Waals surface area contributed by atoms with Crippen molar-refractivity contribution in [2.75, 3.05) is 51.3 Å². The van der Waals surface area contributed by atoms with Gasteiger partial charge in [0.2, 0.25) is 0 Å². The highest BCUT2D eigenvalue weighted by molar-refractivity contribution is 6.31. The van der Waals surface area contributed by atoms with Gasteiger partial charge in [-0.3, -0.25) is 14.4 Å². The molecule has 0 radical (unpaired) electrons. The molecule has 46 heavy (non-hydrogen) atoms. The summed E-state index contributed by atoms with van der Waals surface area (Å²) in [6.45, 7) is 3.77. The Kier molecular flexibility index (Phi) is 12.2. The third-order valence-corrected chi connectivity index (χ3v) is 8.72. The molecule has 2 unspecified atom stereocenters. The molecule has 7 N–H and O–H groups in total. The molecule has 2 atom stereocenters. The zero-order chi connectivity index (χ0) is 33.1. The van der Waals surface area contributed by atoms with Crippen molar-refractivity contribution in [3.05, 3.63) is 76.1 Å². The van der Waals surface area contributed by atoms with E-state index in [2.05, 4.69) is 32.7 Å². The number of methoxy groups -OCH3 is 1. The van der Waals surface area contributed by atoms with Gasteiger partial charge in [-0.25, -0.2) is 9.97 Å². The first-order chi connectivity index (χ1) is 22.1. The van der Waals surface area contributed by atoms with Gasteiger partial charge in [-0.05, 0) is 61.1 Å². The van der Waals surface area contributed by atoms with E-state index in [4.69, 9.17) is 32.9 Å². The molecule has 0 aliphatic carbocycles. The van der Waals surface area contributed by atoms with Crippen LogP contribution < -0.4 is 26.8 Å². The number of nitrogens with zero attached hydrogens (tertiary/aromatic N) is 3. The number of carboxylic acids is 1. The van der Waals surface area contributed by atoms with Crippen LogP contribution in [-0.2, 0) is 17.6 Å². The Morgan fingerprint density at radius 2 is 1.59 bits per heavy atom. The Hall–Kier alpha value is -4.42. The summed E-state index contributed by atoms with van der Waals surface area (Å²) in [5.41, 5.74) is 14.5. The highest BCUT2D eigenvalue weighted by Gasteiger charge is 2.35. The van der Waals surface area contributed by atoms with Crippen molar-refractivity contribution in [2.24, 2.45) is 0 Å². The highest BCUT2D eigenvalue weighted by Crippen LogP contribution is 2.24. The lowest BCUT2D eigenvalue weighted by Gasteiger charge is -2.45. The van der Waals surface area contributed by atoms with Gasteiger partial charge in [0.1, 0.15) is 5.75 Å². The van der Waals surface area contributed by atoms with E-state index in [0.29, 0.717) is 5.56 Å². The van der Waals surface area contributed by atoms with Crippen molar-refractivity contribution in [2.45, 2.75) is 51.0 Å². The van der Waals surface area contributed by atoms with E-state index in [-0.39, 0.29) is 47.4 Å². The summed E-state index contributed by atoms with van der Waals surface area (Å²) in [4.78, 5) is 44.2. The number of carbonyl (C=O) groups excluding carboxylic acids is 2. The summed E-state index contributed by atoms with van der Waals surface area (Å²) >= 11 is 6.02. The minimum Gasteiger partial charge on any atom is -0.497 e. The number of anilines is 2. The Morgan fingerprint density at radius 3 is 2.20 bits per heavy atom. The van der Waals surface area contributed by atoms with E-state index in [0.717, 1.165) is 80.5 Å². The van der Waals surface area contributed by atoms with Crippen LogP contribution in [0.2, 0.25) is 5.15 Å². The van der Waals surface area contributed by atoms with E-state index >= 15 is 0 Å². The molecule has 4 rings (SSSR count). The Bertz CT molecular complexity index is 1500. The van der Waals surface area contributed by atoms with Crippen molar-refractivity contribution in [3.63, 3.8) is 0 Å². The van der Waals surface area contributed by atoms with Gasteiger partial charge in [-0.15, -0.1) is 0 Å². The van der Waals surface area contributed by atoms with Gasteiger partial charge in [-0.2, -0.15) is 0 Å². The van der Waals surface area contributed by atoms with E-state index in [1.807, 2.05) is 24.3 Å². The Balaban J connectivity index is 1.40. The number of aromatic nitrogens is 2. The maximum atomic E-state index is 13.2. The van der Waals surface area contributed by atoms with Gasteiger partial charge < -0.3 is 36.4 Å². The fraction of sp³-hybridized carbons (Fsp3) is 0.424. The van der Waals surface area contributed by atoms with Gasteiger partial charge in [0.25, 0.3) is 11.8 Å². The molecule has 1 aromatic heterocycles. The normalized spacial score (nSPS) is 17.7. The zero-order valence-electron chi connectivity index (χ0n) is 26.1. The summed E-state index contributed by atoms with van der Waals surface area (Å²) in [5.74, 6) is -0.896. The third-order valence-electron chi connectivity index (χ3n) is 8.44. The number of piperidine rings is 1. The number of amides is 2. The molecule has 0 bridgehead atoms. The zero-order valence-corrected chi connectivity index (χ0v) is 26.9. The number of rotatable bonds is 15. The largest absolute Gasteiger partial charge is 0.497 e. The molecule has 1 saturated heterocycles. The maximum Gasteiger partial charge on any atom is 0.305 e. The number of aliphatic carboxylic acids is 1. The van der Waals surface area contributed by atoms with Gasteiger partial charge in [-0.1, -0.05) is 35.9 Å². The first-order valence-electron chi connectivity index (χ1n) is 15.5. The molecular formula is C33H43ClN7O5+. The SMILES string of the molecule is COc1ccc(CCC[N+]2(CCCc3ccc(C(=O)NCCC(=O)O)cc3)CCCC(NC(=O)c3nc(Cl)c(N)nc3N)C2)cc1. The molecule has 0 spiro atoms. The smallest absolute Gasteiger partial charge is 0.305 e. The summed E-state index contributed by atoms with van der Waals surface area (Å²) < 4.78 is 6.17. The number of ether oxygens (including phenoxy) is 1. The van der Waals surface area contributed by atoms with Crippen LogP contribution in [0.4, 0.5) is 11.6 Å². The van der Waals surface area contributed by atoms with Gasteiger partial charge in [0.05, 0.1) is 45.8 Å². The average molecular weight is 653 g/mol. The first-order valence-corrected chi connectivity index (χ1v) is 15.9. The topological polar surface area (TPSA) is 183 Å². The maximum absolute atomic E-state index is 13.2. The number of hydrogen-bond donors (Lipinski definition) is 5. The lowest BCUT2D eigenvalue weighted by Crippen LogP contribution is -2.60. The van der Waals surface area contributed by atoms with Crippen molar-refractivity contribution in [3.8, 4) is 5.75 Å². The van der Waals surface area contributed by atoms with E-state index < -0.39 is 11.9 Å². The number of aryl methyl sites for hydroxylation is 2. The van der Waals surface area contributed by atoms with E-state index in [1.165, 1.54) is 5.56 Å². The minimum atomic E-state index is -0.954. The summed E-state index contributed by atoms with van der Waals surface area (Å²) in [7, 11) is 1.66. The van der Waals surface area contributed by atoms with Crippen LogP contribution in [0, 0.1) is 0 Å². The third kappa shape index (κ3) is 9.79. The molecule has 246 valence electrons. The summed E-state index contributed by atoms with van der Waals surface area (Å²) in [5, 5.41) is 14.5. The number of benzene rings is 2. The number of quaternary nitrogens is 1.